The van der Waals surface area contributed by atoms with E-state index in [1.807, 2.05) is 6.08 Å². The first-order valence-corrected chi connectivity index (χ1v) is 22.0. The molecule has 9 nitrogen and oxygen atoms in total. The molecule has 7 atom stereocenters. The van der Waals surface area contributed by atoms with E-state index in [9.17, 15) is 30.3 Å². The second-order valence-electron chi connectivity index (χ2n) is 15.1. The molecule has 0 aromatic rings. The number of amides is 1. The van der Waals surface area contributed by atoms with Gasteiger partial charge in [-0.1, -0.05) is 152 Å². The van der Waals surface area contributed by atoms with Crippen LogP contribution in [0.1, 0.15) is 168 Å². The number of unbranched alkanes of at least 4 members (excludes halogenated alkanes) is 17. The molecule has 1 rings (SSSR count). The number of hydrogen-bond donors (Lipinski definition) is 6. The summed E-state index contributed by atoms with van der Waals surface area (Å²) in [4.78, 5) is 12.9. The average molecular weight is 776 g/mol. The second kappa shape index (κ2) is 36.2. The van der Waals surface area contributed by atoms with Crippen LogP contribution in [0.15, 0.2) is 60.8 Å². The molecule has 1 fully saturated rings. The molecular weight excluding hydrogens is 695 g/mol. The van der Waals surface area contributed by atoms with E-state index in [-0.39, 0.29) is 12.5 Å². The zero-order valence-corrected chi connectivity index (χ0v) is 34.7. The Morgan fingerprint density at radius 2 is 1.13 bits per heavy atom. The van der Waals surface area contributed by atoms with Gasteiger partial charge in [0.05, 0.1) is 25.4 Å². The molecule has 0 bridgehead atoms. The lowest BCUT2D eigenvalue weighted by Crippen LogP contribution is -2.60. The van der Waals surface area contributed by atoms with Crippen molar-refractivity contribution >= 4 is 5.91 Å². The fraction of sp³-hybridized carbons (Fsp3) is 0.761. The van der Waals surface area contributed by atoms with Crippen LogP contribution in [0.5, 0.6) is 0 Å². The molecular formula is C46H81NO8. The van der Waals surface area contributed by atoms with E-state index >= 15 is 0 Å². The van der Waals surface area contributed by atoms with Crippen molar-refractivity contribution in [1.29, 1.82) is 0 Å². The van der Waals surface area contributed by atoms with E-state index < -0.39 is 49.5 Å². The van der Waals surface area contributed by atoms with Crippen molar-refractivity contribution in [2.24, 2.45) is 0 Å². The summed E-state index contributed by atoms with van der Waals surface area (Å²) in [5.74, 6) is -0.200. The lowest BCUT2D eigenvalue weighted by molar-refractivity contribution is -0.302. The molecule has 1 amide bonds. The molecule has 0 aromatic heterocycles. The highest BCUT2D eigenvalue weighted by Gasteiger charge is 2.44. The van der Waals surface area contributed by atoms with Gasteiger partial charge in [0.2, 0.25) is 5.91 Å². The van der Waals surface area contributed by atoms with Crippen molar-refractivity contribution in [3.05, 3.63) is 60.8 Å². The molecule has 0 aromatic carbocycles. The molecule has 0 radical (unpaired) electrons. The Morgan fingerprint density at radius 1 is 0.618 bits per heavy atom. The van der Waals surface area contributed by atoms with E-state index in [1.54, 1.807) is 6.08 Å². The van der Waals surface area contributed by atoms with Gasteiger partial charge in [-0.2, -0.15) is 0 Å². The third-order valence-electron chi connectivity index (χ3n) is 10.0. The summed E-state index contributed by atoms with van der Waals surface area (Å²) in [6, 6.07) is -0.830. The standard InChI is InChI=1S/C46H81NO8/c1-3-5-7-9-11-13-15-16-17-18-19-20-21-22-23-24-26-28-30-32-34-36-42(50)47-39(38-54-46-45(53)44(52)43(51)41(37-48)55-46)40(49)35-33-31-29-27-25-14-12-10-8-6-4-2/h8,10,15-16,18-19,25,27,33,35,39-41,43-46,48-49,51-53H,3-7,9,11-14,17,20-24,26,28-32,34,36-38H2,1-2H3,(H,47,50)/b10-8+,16-15-,19-18-,27-25+,35-33+. The van der Waals surface area contributed by atoms with Gasteiger partial charge < -0.3 is 40.3 Å². The maximum Gasteiger partial charge on any atom is 0.220 e. The first-order valence-electron chi connectivity index (χ1n) is 22.0. The summed E-state index contributed by atoms with van der Waals surface area (Å²) in [7, 11) is 0. The monoisotopic (exact) mass is 776 g/mol. The normalized spacial score (nSPS) is 21.9. The molecule has 1 saturated heterocycles. The van der Waals surface area contributed by atoms with Gasteiger partial charge in [0, 0.05) is 6.42 Å². The first-order chi connectivity index (χ1) is 26.8. The maximum atomic E-state index is 12.9. The van der Waals surface area contributed by atoms with E-state index in [0.29, 0.717) is 6.42 Å². The van der Waals surface area contributed by atoms with Gasteiger partial charge >= 0.3 is 0 Å². The summed E-state index contributed by atoms with van der Waals surface area (Å²) in [5, 5.41) is 54.0. The lowest BCUT2D eigenvalue weighted by Gasteiger charge is -2.40. The summed E-state index contributed by atoms with van der Waals surface area (Å²) >= 11 is 0. The van der Waals surface area contributed by atoms with Crippen molar-refractivity contribution in [3.8, 4) is 0 Å². The first kappa shape index (κ1) is 50.9. The van der Waals surface area contributed by atoms with Crippen molar-refractivity contribution in [2.45, 2.75) is 211 Å². The van der Waals surface area contributed by atoms with Gasteiger partial charge in [-0.25, -0.2) is 0 Å². The Labute approximate surface area is 335 Å². The van der Waals surface area contributed by atoms with Gasteiger partial charge in [0.1, 0.15) is 24.4 Å². The summed E-state index contributed by atoms with van der Waals surface area (Å²) in [6.07, 6.45) is 39.8. The molecule has 7 unspecified atom stereocenters. The van der Waals surface area contributed by atoms with Crippen LogP contribution >= 0.6 is 0 Å². The summed E-state index contributed by atoms with van der Waals surface area (Å²) < 4.78 is 11.2. The molecule has 55 heavy (non-hydrogen) atoms. The van der Waals surface area contributed by atoms with Gasteiger partial charge in [-0.05, 0) is 70.6 Å². The number of carbonyl (C=O) groups excluding carboxylic acids is 1. The number of carbonyl (C=O) groups is 1. The smallest absolute Gasteiger partial charge is 0.220 e. The van der Waals surface area contributed by atoms with E-state index in [2.05, 4.69) is 67.8 Å². The fourth-order valence-electron chi connectivity index (χ4n) is 6.46. The topological polar surface area (TPSA) is 149 Å². The minimum absolute atomic E-state index is 0.200. The fourth-order valence-corrected chi connectivity index (χ4v) is 6.46. The Morgan fingerprint density at radius 3 is 1.69 bits per heavy atom. The molecule has 1 heterocycles. The number of hydrogen-bond acceptors (Lipinski definition) is 8. The quantitative estimate of drug-likeness (QED) is 0.0277. The largest absolute Gasteiger partial charge is 0.394 e. The lowest BCUT2D eigenvalue weighted by atomic mass is 9.99. The van der Waals surface area contributed by atoms with Crippen molar-refractivity contribution in [1.82, 2.24) is 5.32 Å². The third kappa shape index (κ3) is 27.2. The number of aliphatic hydroxyl groups excluding tert-OH is 5. The molecule has 318 valence electrons. The van der Waals surface area contributed by atoms with Crippen LogP contribution in [-0.4, -0.2) is 87.5 Å². The molecule has 6 N–H and O–H groups in total. The van der Waals surface area contributed by atoms with Crippen LogP contribution in [0.25, 0.3) is 0 Å². The zero-order valence-electron chi connectivity index (χ0n) is 34.7. The molecule has 9 heteroatoms. The highest BCUT2D eigenvalue weighted by atomic mass is 16.7. The maximum absolute atomic E-state index is 12.9. The van der Waals surface area contributed by atoms with Crippen molar-refractivity contribution in [2.75, 3.05) is 13.2 Å². The minimum atomic E-state index is -1.58. The SMILES string of the molecule is CCC/C=C/CC/C=C/CC/C=C/C(O)C(COC1OC(CO)C(O)C(O)C1O)NC(=O)CCCCCCCCCCC/C=C\C/C=C\CCCCCCC. The number of allylic oxidation sites excluding steroid dienone is 9. The van der Waals surface area contributed by atoms with Gasteiger partial charge in [-0.3, -0.25) is 4.79 Å². The van der Waals surface area contributed by atoms with Crippen LogP contribution in [-0.2, 0) is 14.3 Å². The number of rotatable bonds is 35. The number of ether oxygens (including phenoxy) is 2. The van der Waals surface area contributed by atoms with E-state index in [4.69, 9.17) is 9.47 Å². The zero-order chi connectivity index (χ0) is 40.2. The number of aliphatic hydroxyl groups is 5. The summed E-state index contributed by atoms with van der Waals surface area (Å²) in [6.45, 7) is 3.64. The van der Waals surface area contributed by atoms with E-state index in [0.717, 1.165) is 77.0 Å². The van der Waals surface area contributed by atoms with Crippen LogP contribution in [0.3, 0.4) is 0 Å². The Bertz CT molecular complexity index is 1040. The molecule has 0 saturated carbocycles. The minimum Gasteiger partial charge on any atom is -0.394 e. The highest BCUT2D eigenvalue weighted by Crippen LogP contribution is 2.22. The highest BCUT2D eigenvalue weighted by molar-refractivity contribution is 5.76. The van der Waals surface area contributed by atoms with Crippen molar-refractivity contribution < 1.29 is 39.8 Å². The molecule has 1 aliphatic heterocycles. The Balaban J connectivity index is 2.35. The molecule has 0 spiro atoms. The number of nitrogens with one attached hydrogen (secondary N) is 1. The molecule has 0 aliphatic carbocycles. The van der Waals surface area contributed by atoms with E-state index in [1.165, 1.54) is 70.6 Å². The second-order valence-corrected chi connectivity index (χ2v) is 15.1. The third-order valence-corrected chi connectivity index (χ3v) is 10.0. The van der Waals surface area contributed by atoms with Crippen LogP contribution in [0, 0.1) is 0 Å². The van der Waals surface area contributed by atoms with Crippen molar-refractivity contribution in [3.63, 3.8) is 0 Å². The predicted molar refractivity (Wildman–Crippen MR) is 226 cm³/mol. The van der Waals surface area contributed by atoms with Crippen LogP contribution in [0.2, 0.25) is 0 Å². The van der Waals surface area contributed by atoms with Crippen LogP contribution in [0.4, 0.5) is 0 Å². The van der Waals surface area contributed by atoms with Crippen LogP contribution < -0.4 is 5.32 Å². The predicted octanol–water partition coefficient (Wildman–Crippen LogP) is 8.83. The molecule has 1 aliphatic rings. The van der Waals surface area contributed by atoms with Gasteiger partial charge in [-0.15, -0.1) is 0 Å². The average Bonchev–Trinajstić information content (AvgIpc) is 3.18. The summed E-state index contributed by atoms with van der Waals surface area (Å²) in [5.41, 5.74) is 0. The Kier molecular flexibility index (Phi) is 33.5. The van der Waals surface area contributed by atoms with Gasteiger partial charge in [0.25, 0.3) is 0 Å². The Hall–Kier alpha value is -2.11. The van der Waals surface area contributed by atoms with Gasteiger partial charge in [0.15, 0.2) is 6.29 Å².